The minimum atomic E-state index is 0.00769. The van der Waals surface area contributed by atoms with E-state index in [1.807, 2.05) is 61.6 Å². The summed E-state index contributed by atoms with van der Waals surface area (Å²) in [7, 11) is 3.64. The SMILES string of the molecule is COc1ccc(CC(=O)N[C@H]2C[C@@H](c3nc(Cc4ccccc4)no3)N(C)C2)cc1. The zero-order valence-corrected chi connectivity index (χ0v) is 17.2. The van der Waals surface area contributed by atoms with E-state index >= 15 is 0 Å². The predicted molar refractivity (Wildman–Crippen MR) is 112 cm³/mol. The van der Waals surface area contributed by atoms with Gasteiger partial charge in [-0.2, -0.15) is 4.98 Å². The van der Waals surface area contributed by atoms with Gasteiger partial charge in [0.25, 0.3) is 0 Å². The zero-order chi connectivity index (χ0) is 20.9. The number of carbonyl (C=O) groups is 1. The van der Waals surface area contributed by atoms with Gasteiger partial charge >= 0.3 is 0 Å². The molecule has 7 nitrogen and oxygen atoms in total. The second-order valence-electron chi connectivity index (χ2n) is 7.69. The van der Waals surface area contributed by atoms with Gasteiger partial charge in [0.05, 0.1) is 19.6 Å². The van der Waals surface area contributed by atoms with Gasteiger partial charge in [0.15, 0.2) is 5.82 Å². The van der Waals surface area contributed by atoms with Crippen LogP contribution < -0.4 is 10.1 Å². The van der Waals surface area contributed by atoms with Gasteiger partial charge in [-0.05, 0) is 36.7 Å². The van der Waals surface area contributed by atoms with Crippen molar-refractivity contribution in [3.8, 4) is 5.75 Å². The van der Waals surface area contributed by atoms with Crippen LogP contribution in [0.2, 0.25) is 0 Å². The molecule has 0 saturated carbocycles. The molecule has 2 aromatic carbocycles. The molecule has 0 spiro atoms. The highest BCUT2D eigenvalue weighted by Crippen LogP contribution is 2.29. The van der Waals surface area contributed by atoms with Crippen LogP contribution in [-0.4, -0.2) is 47.7 Å². The van der Waals surface area contributed by atoms with E-state index < -0.39 is 0 Å². The van der Waals surface area contributed by atoms with E-state index in [1.165, 1.54) is 0 Å². The minimum Gasteiger partial charge on any atom is -0.497 e. The number of nitrogens with one attached hydrogen (secondary N) is 1. The molecule has 2 heterocycles. The molecule has 156 valence electrons. The average molecular weight is 406 g/mol. The number of hydrogen-bond donors (Lipinski definition) is 1. The summed E-state index contributed by atoms with van der Waals surface area (Å²) in [5, 5.41) is 7.27. The normalized spacial score (nSPS) is 19.0. The standard InChI is InChI=1S/C23H26N4O3/c1-27-15-18(24-22(28)13-17-8-10-19(29-2)11-9-17)14-20(27)23-25-21(26-30-23)12-16-6-4-3-5-7-16/h3-11,18,20H,12-15H2,1-2H3,(H,24,28)/t18-,20-/m0/s1. The van der Waals surface area contributed by atoms with Crippen LogP contribution in [0.4, 0.5) is 0 Å². The number of nitrogens with zero attached hydrogens (tertiary/aromatic N) is 3. The Balaban J connectivity index is 1.32. The van der Waals surface area contributed by atoms with E-state index in [4.69, 9.17) is 9.26 Å². The third-order valence-electron chi connectivity index (χ3n) is 5.41. The Morgan fingerprint density at radius 2 is 1.93 bits per heavy atom. The molecule has 4 rings (SSSR count). The number of hydrogen-bond acceptors (Lipinski definition) is 6. The number of likely N-dealkylation sites (N-methyl/N-ethyl adjacent to an activating group) is 1. The molecule has 3 aromatic rings. The third kappa shape index (κ3) is 4.86. The van der Waals surface area contributed by atoms with Crippen LogP contribution in [0.1, 0.15) is 35.3 Å². The fraction of sp³-hybridized carbons (Fsp3) is 0.348. The summed E-state index contributed by atoms with van der Waals surface area (Å²) in [6.07, 6.45) is 1.73. The van der Waals surface area contributed by atoms with Gasteiger partial charge in [0.2, 0.25) is 11.8 Å². The van der Waals surface area contributed by atoms with Crippen LogP contribution in [0.3, 0.4) is 0 Å². The zero-order valence-electron chi connectivity index (χ0n) is 17.2. The quantitative estimate of drug-likeness (QED) is 0.650. The molecule has 1 N–H and O–H groups in total. The summed E-state index contributed by atoms with van der Waals surface area (Å²) in [6, 6.07) is 17.7. The van der Waals surface area contributed by atoms with E-state index in [-0.39, 0.29) is 18.0 Å². The van der Waals surface area contributed by atoms with Gasteiger partial charge in [-0.1, -0.05) is 47.6 Å². The first-order valence-electron chi connectivity index (χ1n) is 10.1. The highest BCUT2D eigenvalue weighted by Gasteiger charge is 2.35. The fourth-order valence-electron chi connectivity index (χ4n) is 3.85. The Hall–Kier alpha value is -3.19. The monoisotopic (exact) mass is 406 g/mol. The average Bonchev–Trinajstić information content (AvgIpc) is 3.35. The Morgan fingerprint density at radius 1 is 1.17 bits per heavy atom. The van der Waals surface area contributed by atoms with Crippen LogP contribution in [0, 0.1) is 0 Å². The highest BCUT2D eigenvalue weighted by molar-refractivity contribution is 5.79. The Morgan fingerprint density at radius 3 is 2.67 bits per heavy atom. The lowest BCUT2D eigenvalue weighted by molar-refractivity contribution is -0.121. The van der Waals surface area contributed by atoms with Gasteiger partial charge in [0, 0.05) is 19.0 Å². The highest BCUT2D eigenvalue weighted by atomic mass is 16.5. The number of aromatic nitrogens is 2. The van der Waals surface area contributed by atoms with Crippen LogP contribution in [0.15, 0.2) is 59.1 Å². The van der Waals surface area contributed by atoms with Crippen molar-refractivity contribution in [2.24, 2.45) is 0 Å². The molecule has 7 heteroatoms. The van der Waals surface area contributed by atoms with Crippen molar-refractivity contribution in [1.82, 2.24) is 20.4 Å². The molecule has 0 bridgehead atoms. The maximum atomic E-state index is 12.5. The number of carbonyl (C=O) groups excluding carboxylic acids is 1. The lowest BCUT2D eigenvalue weighted by Crippen LogP contribution is -2.37. The molecule has 0 unspecified atom stereocenters. The smallest absolute Gasteiger partial charge is 0.244 e. The molecule has 1 saturated heterocycles. The lowest BCUT2D eigenvalue weighted by atomic mass is 10.1. The molecule has 1 aliphatic rings. The first-order valence-corrected chi connectivity index (χ1v) is 10.1. The first kappa shape index (κ1) is 20.1. The first-order chi connectivity index (χ1) is 14.6. The van der Waals surface area contributed by atoms with E-state index in [9.17, 15) is 4.79 Å². The number of benzene rings is 2. The van der Waals surface area contributed by atoms with E-state index in [2.05, 4.69) is 20.4 Å². The maximum absolute atomic E-state index is 12.5. The molecule has 0 aliphatic carbocycles. The number of amides is 1. The molecular weight excluding hydrogens is 380 g/mol. The van der Waals surface area contributed by atoms with Crippen molar-refractivity contribution >= 4 is 5.91 Å². The van der Waals surface area contributed by atoms with Crippen molar-refractivity contribution in [3.05, 3.63) is 77.4 Å². The summed E-state index contributed by atoms with van der Waals surface area (Å²) in [5.74, 6) is 2.08. The van der Waals surface area contributed by atoms with Crippen LogP contribution in [-0.2, 0) is 17.6 Å². The molecule has 30 heavy (non-hydrogen) atoms. The van der Waals surface area contributed by atoms with Crippen molar-refractivity contribution in [3.63, 3.8) is 0 Å². The summed E-state index contributed by atoms with van der Waals surface area (Å²) < 4.78 is 10.7. The lowest BCUT2D eigenvalue weighted by Gasteiger charge is -2.14. The minimum absolute atomic E-state index is 0.00769. The second-order valence-corrected chi connectivity index (χ2v) is 7.69. The fourth-order valence-corrected chi connectivity index (χ4v) is 3.85. The van der Waals surface area contributed by atoms with E-state index in [0.717, 1.165) is 29.8 Å². The Labute approximate surface area is 176 Å². The summed E-state index contributed by atoms with van der Waals surface area (Å²) >= 11 is 0. The van der Waals surface area contributed by atoms with E-state index in [0.29, 0.717) is 24.6 Å². The molecule has 1 amide bonds. The van der Waals surface area contributed by atoms with Gasteiger partial charge < -0.3 is 14.6 Å². The van der Waals surface area contributed by atoms with Crippen molar-refractivity contribution in [2.45, 2.75) is 31.3 Å². The number of likely N-dealkylation sites (tertiary alicyclic amines) is 1. The second kappa shape index (κ2) is 9.09. The third-order valence-corrected chi connectivity index (χ3v) is 5.41. The van der Waals surface area contributed by atoms with E-state index in [1.54, 1.807) is 7.11 Å². The van der Waals surface area contributed by atoms with Gasteiger partial charge in [-0.25, -0.2) is 0 Å². The van der Waals surface area contributed by atoms with Crippen LogP contribution >= 0.6 is 0 Å². The summed E-state index contributed by atoms with van der Waals surface area (Å²) in [4.78, 5) is 19.2. The maximum Gasteiger partial charge on any atom is 0.244 e. The number of ether oxygens (including phenoxy) is 1. The molecule has 1 aliphatic heterocycles. The van der Waals surface area contributed by atoms with Crippen molar-refractivity contribution in [1.29, 1.82) is 0 Å². The number of methoxy groups -OCH3 is 1. The molecule has 1 aromatic heterocycles. The van der Waals surface area contributed by atoms with Gasteiger partial charge in [0.1, 0.15) is 5.75 Å². The molecule has 0 radical (unpaired) electrons. The van der Waals surface area contributed by atoms with Crippen molar-refractivity contribution < 1.29 is 14.1 Å². The summed E-state index contributed by atoms with van der Waals surface area (Å²) in [6.45, 7) is 0.745. The van der Waals surface area contributed by atoms with Crippen LogP contribution in [0.5, 0.6) is 5.75 Å². The van der Waals surface area contributed by atoms with Gasteiger partial charge in [-0.15, -0.1) is 0 Å². The summed E-state index contributed by atoms with van der Waals surface area (Å²) in [5.41, 5.74) is 2.10. The van der Waals surface area contributed by atoms with Crippen LogP contribution in [0.25, 0.3) is 0 Å². The topological polar surface area (TPSA) is 80.5 Å². The molecule has 1 fully saturated rings. The number of rotatable bonds is 7. The Bertz CT molecular complexity index is 972. The molecule has 2 atom stereocenters. The van der Waals surface area contributed by atoms with Crippen molar-refractivity contribution in [2.75, 3.05) is 20.7 Å². The van der Waals surface area contributed by atoms with Gasteiger partial charge in [-0.3, -0.25) is 9.69 Å². The largest absolute Gasteiger partial charge is 0.497 e. The predicted octanol–water partition coefficient (Wildman–Crippen LogP) is 2.77. The molecular formula is C23H26N4O3. The Kier molecular flexibility index (Phi) is 6.09.